The normalized spacial score (nSPS) is 14.0. The number of amides is 1. The number of nitrogens with zero attached hydrogens (tertiary/aromatic N) is 2. The number of nitrogens with one attached hydrogen (secondary N) is 1. The first kappa shape index (κ1) is 17.1. The van der Waals surface area contributed by atoms with Crippen molar-refractivity contribution in [3.05, 3.63) is 51.7 Å². The van der Waals surface area contributed by atoms with Crippen LogP contribution in [0.3, 0.4) is 0 Å². The highest BCUT2D eigenvalue weighted by molar-refractivity contribution is 6.34. The van der Waals surface area contributed by atoms with E-state index in [4.69, 9.17) is 11.6 Å². The zero-order valence-electron chi connectivity index (χ0n) is 13.6. The Bertz CT molecular complexity index is 729. The van der Waals surface area contributed by atoms with Gasteiger partial charge in [0.05, 0.1) is 16.3 Å². The number of nitriles is 1. The third-order valence-electron chi connectivity index (χ3n) is 3.88. The Balaban J connectivity index is 2.24. The van der Waals surface area contributed by atoms with Gasteiger partial charge in [-0.3, -0.25) is 4.79 Å². The molecule has 0 fully saturated rings. The summed E-state index contributed by atoms with van der Waals surface area (Å²) in [6, 6.07) is 5.57. The fourth-order valence-electron chi connectivity index (χ4n) is 2.52. The van der Waals surface area contributed by atoms with E-state index >= 15 is 0 Å². The molecule has 5 heteroatoms. The average Bonchev–Trinajstić information content (AvgIpc) is 2.53. The van der Waals surface area contributed by atoms with E-state index in [0.717, 1.165) is 24.2 Å². The van der Waals surface area contributed by atoms with Crippen LogP contribution in [0.4, 0.5) is 5.69 Å². The molecule has 1 aliphatic heterocycles. The number of rotatable bonds is 4. The van der Waals surface area contributed by atoms with Crippen molar-refractivity contribution in [2.45, 2.75) is 27.2 Å². The second-order valence-corrected chi connectivity index (χ2v) is 6.01. The quantitative estimate of drug-likeness (QED) is 0.907. The molecule has 0 atom stereocenters. The average molecular weight is 330 g/mol. The Morgan fingerprint density at radius 1 is 1.39 bits per heavy atom. The van der Waals surface area contributed by atoms with E-state index in [0.29, 0.717) is 28.4 Å². The fourth-order valence-corrected chi connectivity index (χ4v) is 2.73. The monoisotopic (exact) mass is 329 g/mol. The summed E-state index contributed by atoms with van der Waals surface area (Å²) >= 11 is 6.16. The van der Waals surface area contributed by atoms with Gasteiger partial charge < -0.3 is 10.2 Å². The minimum absolute atomic E-state index is 0.223. The van der Waals surface area contributed by atoms with Crippen molar-refractivity contribution in [2.24, 2.45) is 0 Å². The molecule has 0 radical (unpaired) electrons. The van der Waals surface area contributed by atoms with Crippen LogP contribution >= 0.6 is 11.6 Å². The van der Waals surface area contributed by atoms with Gasteiger partial charge in [-0.1, -0.05) is 30.7 Å². The molecule has 0 bridgehead atoms. The predicted octanol–water partition coefficient (Wildman–Crippen LogP) is 4.01. The molecule has 0 unspecified atom stereocenters. The van der Waals surface area contributed by atoms with Gasteiger partial charge in [0.15, 0.2) is 0 Å². The number of carbonyl (C=O) groups is 1. The molecule has 0 aromatic heterocycles. The maximum Gasteiger partial charge on any atom is 0.253 e. The summed E-state index contributed by atoms with van der Waals surface area (Å²) in [5, 5.41) is 12.5. The number of hydrogen-bond donors (Lipinski definition) is 1. The largest absolute Gasteiger partial charge is 0.371 e. The lowest BCUT2D eigenvalue weighted by molar-refractivity contribution is -0.113. The molecule has 1 heterocycles. The van der Waals surface area contributed by atoms with Crippen LogP contribution in [0.1, 0.15) is 31.4 Å². The van der Waals surface area contributed by atoms with E-state index < -0.39 is 0 Å². The smallest absolute Gasteiger partial charge is 0.253 e. The molecule has 0 saturated heterocycles. The van der Waals surface area contributed by atoms with Crippen molar-refractivity contribution in [1.29, 1.82) is 5.26 Å². The number of carbonyl (C=O) groups excluding carboxylic acids is 1. The highest BCUT2D eigenvalue weighted by Crippen LogP contribution is 2.29. The molecule has 0 saturated carbocycles. The minimum Gasteiger partial charge on any atom is -0.371 e. The molecule has 120 valence electrons. The van der Waals surface area contributed by atoms with Gasteiger partial charge in [-0.05, 0) is 38.0 Å². The lowest BCUT2D eigenvalue weighted by atomic mass is 10.1. The van der Waals surface area contributed by atoms with Crippen molar-refractivity contribution < 1.29 is 4.79 Å². The molecule has 23 heavy (non-hydrogen) atoms. The van der Waals surface area contributed by atoms with Crippen LogP contribution in [0, 0.1) is 18.3 Å². The van der Waals surface area contributed by atoms with Gasteiger partial charge >= 0.3 is 0 Å². The summed E-state index contributed by atoms with van der Waals surface area (Å²) < 4.78 is 0. The fraction of sp³-hybridized carbons (Fsp3) is 0.333. The SMILES string of the molecule is CCCN1CC(C(=O)Nc2c(Cl)ccc(C)c2C#N)=CC=C1C. The summed E-state index contributed by atoms with van der Waals surface area (Å²) in [6.07, 6.45) is 4.78. The zero-order valence-corrected chi connectivity index (χ0v) is 14.4. The van der Waals surface area contributed by atoms with Gasteiger partial charge in [0.2, 0.25) is 0 Å². The Kier molecular flexibility index (Phi) is 5.46. The first-order valence-electron chi connectivity index (χ1n) is 7.60. The first-order valence-corrected chi connectivity index (χ1v) is 7.98. The van der Waals surface area contributed by atoms with Crippen LogP contribution in [0.2, 0.25) is 5.02 Å². The Morgan fingerprint density at radius 3 is 2.78 bits per heavy atom. The first-order chi connectivity index (χ1) is 11.0. The van der Waals surface area contributed by atoms with Crippen LogP contribution < -0.4 is 5.32 Å². The van der Waals surface area contributed by atoms with Crippen molar-refractivity contribution in [1.82, 2.24) is 4.90 Å². The third kappa shape index (κ3) is 3.75. The van der Waals surface area contributed by atoms with E-state index in [1.54, 1.807) is 12.1 Å². The Morgan fingerprint density at radius 2 is 2.13 bits per heavy atom. The topological polar surface area (TPSA) is 56.1 Å². The molecular weight excluding hydrogens is 310 g/mol. The van der Waals surface area contributed by atoms with Crippen molar-refractivity contribution in [3.63, 3.8) is 0 Å². The van der Waals surface area contributed by atoms with Gasteiger partial charge in [-0.15, -0.1) is 0 Å². The van der Waals surface area contributed by atoms with Gasteiger partial charge in [0.1, 0.15) is 6.07 Å². The standard InChI is InChI=1S/C18H20ClN3O/c1-4-9-22-11-14(7-6-13(22)3)18(23)21-17-15(10-20)12(2)5-8-16(17)19/h5-8H,4,9,11H2,1-3H3,(H,21,23). The van der Waals surface area contributed by atoms with Crippen LogP contribution in [0.5, 0.6) is 0 Å². The predicted molar refractivity (Wildman–Crippen MR) is 93.2 cm³/mol. The molecule has 1 aromatic carbocycles. The lowest BCUT2D eigenvalue weighted by Crippen LogP contribution is -2.31. The molecular formula is C18H20ClN3O. The zero-order chi connectivity index (χ0) is 17.0. The van der Waals surface area contributed by atoms with Crippen molar-refractivity contribution in [2.75, 3.05) is 18.4 Å². The summed E-state index contributed by atoms with van der Waals surface area (Å²) in [5.41, 5.74) is 3.38. The molecule has 0 spiro atoms. The van der Waals surface area contributed by atoms with Crippen LogP contribution in [0.25, 0.3) is 0 Å². The molecule has 1 N–H and O–H groups in total. The number of anilines is 1. The van der Waals surface area contributed by atoms with Crippen LogP contribution in [-0.4, -0.2) is 23.9 Å². The number of aryl methyl sites for hydroxylation is 1. The highest BCUT2D eigenvalue weighted by atomic mass is 35.5. The summed E-state index contributed by atoms with van der Waals surface area (Å²) in [5.74, 6) is -0.223. The molecule has 1 aliphatic rings. The van der Waals surface area contributed by atoms with E-state index in [1.807, 2.05) is 26.0 Å². The van der Waals surface area contributed by atoms with Gasteiger partial charge in [0.25, 0.3) is 5.91 Å². The van der Waals surface area contributed by atoms with E-state index in [2.05, 4.69) is 23.2 Å². The number of halogens is 1. The van der Waals surface area contributed by atoms with Gasteiger partial charge in [-0.2, -0.15) is 5.26 Å². The Labute approximate surface area is 142 Å². The van der Waals surface area contributed by atoms with Crippen LogP contribution in [-0.2, 0) is 4.79 Å². The van der Waals surface area contributed by atoms with Crippen LogP contribution in [0.15, 0.2) is 35.6 Å². The number of hydrogen-bond acceptors (Lipinski definition) is 3. The molecule has 4 nitrogen and oxygen atoms in total. The van der Waals surface area contributed by atoms with Gasteiger partial charge in [0, 0.05) is 24.4 Å². The summed E-state index contributed by atoms with van der Waals surface area (Å²) in [6.45, 7) is 7.43. The molecule has 1 aromatic rings. The maximum atomic E-state index is 12.6. The summed E-state index contributed by atoms with van der Waals surface area (Å²) in [4.78, 5) is 14.7. The van der Waals surface area contributed by atoms with Crippen molar-refractivity contribution in [3.8, 4) is 6.07 Å². The third-order valence-corrected chi connectivity index (χ3v) is 4.20. The second kappa shape index (κ2) is 7.34. The molecule has 2 rings (SSSR count). The number of benzene rings is 1. The van der Waals surface area contributed by atoms with Gasteiger partial charge in [-0.25, -0.2) is 0 Å². The molecule has 0 aliphatic carbocycles. The number of allylic oxidation sites excluding steroid dienone is 3. The van der Waals surface area contributed by atoms with E-state index in [1.165, 1.54) is 0 Å². The molecule has 1 amide bonds. The highest BCUT2D eigenvalue weighted by Gasteiger charge is 2.20. The van der Waals surface area contributed by atoms with E-state index in [9.17, 15) is 10.1 Å². The minimum atomic E-state index is -0.223. The van der Waals surface area contributed by atoms with Crippen molar-refractivity contribution >= 4 is 23.2 Å². The van der Waals surface area contributed by atoms with E-state index in [-0.39, 0.29) is 5.91 Å². The maximum absolute atomic E-state index is 12.6. The Hall–Kier alpha value is -2.25. The lowest BCUT2D eigenvalue weighted by Gasteiger charge is -2.28. The second-order valence-electron chi connectivity index (χ2n) is 5.60. The summed E-state index contributed by atoms with van der Waals surface area (Å²) in [7, 11) is 0.